The van der Waals surface area contributed by atoms with Gasteiger partial charge in [0.05, 0.1) is 4.90 Å². The Morgan fingerprint density at radius 1 is 1.22 bits per heavy atom. The van der Waals surface area contributed by atoms with Gasteiger partial charge >= 0.3 is 0 Å². The van der Waals surface area contributed by atoms with Gasteiger partial charge in [0.2, 0.25) is 0 Å². The Morgan fingerprint density at radius 2 is 1.94 bits per heavy atom. The van der Waals surface area contributed by atoms with Crippen LogP contribution in [0.1, 0.15) is 32.6 Å². The second-order valence-corrected chi connectivity index (χ2v) is 7.33. The second-order valence-electron chi connectivity index (χ2n) is 5.31. The summed E-state index contributed by atoms with van der Waals surface area (Å²) in [6, 6.07) is 7.58. The predicted molar refractivity (Wildman–Crippen MR) is 74.6 cm³/mol. The van der Waals surface area contributed by atoms with Crippen molar-refractivity contribution in [1.82, 2.24) is 0 Å². The largest absolute Gasteiger partial charge is 0.382 e. The number of hydrogen-bond acceptors (Lipinski definition) is 3. The maximum atomic E-state index is 11.5. The number of anilines is 1. The van der Waals surface area contributed by atoms with Crippen LogP contribution in [0.15, 0.2) is 29.2 Å². The minimum absolute atomic E-state index is 0.385. The van der Waals surface area contributed by atoms with Gasteiger partial charge in [-0.2, -0.15) is 0 Å². The molecule has 2 atom stereocenters. The van der Waals surface area contributed by atoms with Crippen LogP contribution in [0.3, 0.4) is 0 Å². The van der Waals surface area contributed by atoms with E-state index >= 15 is 0 Å². The summed E-state index contributed by atoms with van der Waals surface area (Å²) >= 11 is 0. The van der Waals surface area contributed by atoms with E-state index in [1.54, 1.807) is 18.2 Å². The summed E-state index contributed by atoms with van der Waals surface area (Å²) in [6.45, 7) is 2.26. The standard InChI is InChI=1S/C14H21NO2S/c1-11-6-3-4-9-14(11)15-12-7-5-8-13(10-12)18(2,16)17/h5,7-8,10-11,14-15H,3-4,6,9H2,1-2H3. The zero-order chi connectivity index (χ0) is 13.2. The maximum Gasteiger partial charge on any atom is 0.175 e. The molecule has 1 N–H and O–H groups in total. The van der Waals surface area contributed by atoms with E-state index < -0.39 is 9.84 Å². The first-order valence-corrected chi connectivity index (χ1v) is 8.42. The summed E-state index contributed by atoms with van der Waals surface area (Å²) in [6.07, 6.45) is 6.24. The lowest BCUT2D eigenvalue weighted by atomic mass is 9.86. The molecule has 4 heteroatoms. The predicted octanol–water partition coefficient (Wildman–Crippen LogP) is 3.08. The Bertz CT molecular complexity index is 510. The van der Waals surface area contributed by atoms with Gasteiger partial charge in [-0.1, -0.05) is 25.8 Å². The lowest BCUT2D eigenvalue weighted by Gasteiger charge is -2.30. The molecule has 2 unspecified atom stereocenters. The SMILES string of the molecule is CC1CCCCC1Nc1cccc(S(C)(=O)=O)c1. The monoisotopic (exact) mass is 267 g/mol. The van der Waals surface area contributed by atoms with Crippen molar-refractivity contribution in [2.45, 2.75) is 43.5 Å². The van der Waals surface area contributed by atoms with Gasteiger partial charge in [-0.15, -0.1) is 0 Å². The number of sulfone groups is 1. The average molecular weight is 267 g/mol. The topological polar surface area (TPSA) is 46.2 Å². The van der Waals surface area contributed by atoms with Crippen LogP contribution in [0, 0.1) is 5.92 Å². The highest BCUT2D eigenvalue weighted by Gasteiger charge is 2.21. The lowest BCUT2D eigenvalue weighted by Crippen LogP contribution is -2.30. The van der Waals surface area contributed by atoms with Crippen molar-refractivity contribution in [2.24, 2.45) is 5.92 Å². The van der Waals surface area contributed by atoms with E-state index in [2.05, 4.69) is 12.2 Å². The van der Waals surface area contributed by atoms with Gasteiger partial charge in [-0.3, -0.25) is 0 Å². The molecule has 1 aliphatic carbocycles. The summed E-state index contributed by atoms with van der Waals surface area (Å²) in [5.74, 6) is 0.653. The molecule has 0 aromatic heterocycles. The van der Waals surface area contributed by atoms with Crippen LogP contribution in [0.5, 0.6) is 0 Å². The minimum atomic E-state index is -3.12. The van der Waals surface area contributed by atoms with Crippen molar-refractivity contribution < 1.29 is 8.42 Å². The zero-order valence-electron chi connectivity index (χ0n) is 11.0. The summed E-state index contributed by atoms with van der Waals surface area (Å²) in [5, 5.41) is 3.48. The summed E-state index contributed by atoms with van der Waals surface area (Å²) < 4.78 is 23.0. The Labute approximate surface area is 110 Å². The highest BCUT2D eigenvalue weighted by atomic mass is 32.2. The quantitative estimate of drug-likeness (QED) is 0.915. The Hall–Kier alpha value is -1.03. The molecule has 0 aliphatic heterocycles. The van der Waals surface area contributed by atoms with Gasteiger partial charge in [0, 0.05) is 18.0 Å². The van der Waals surface area contributed by atoms with Crippen molar-refractivity contribution in [2.75, 3.05) is 11.6 Å². The summed E-state index contributed by atoms with van der Waals surface area (Å²) in [4.78, 5) is 0.385. The van der Waals surface area contributed by atoms with E-state index in [9.17, 15) is 8.42 Å². The number of rotatable bonds is 3. The van der Waals surface area contributed by atoms with Crippen LogP contribution in [0.4, 0.5) is 5.69 Å². The van der Waals surface area contributed by atoms with Gasteiger partial charge < -0.3 is 5.32 Å². The molecule has 1 saturated carbocycles. The van der Waals surface area contributed by atoms with Gasteiger partial charge in [0.15, 0.2) is 9.84 Å². The number of benzene rings is 1. The lowest BCUT2D eigenvalue weighted by molar-refractivity contribution is 0.349. The third-order valence-electron chi connectivity index (χ3n) is 3.73. The van der Waals surface area contributed by atoms with Crippen LogP contribution < -0.4 is 5.32 Å². The normalized spacial score (nSPS) is 24.8. The molecule has 1 aromatic carbocycles. The Morgan fingerprint density at radius 3 is 2.61 bits per heavy atom. The molecular formula is C14H21NO2S. The van der Waals surface area contributed by atoms with E-state index in [4.69, 9.17) is 0 Å². The molecule has 1 aromatic rings. The second kappa shape index (κ2) is 5.31. The fourth-order valence-corrected chi connectivity index (χ4v) is 3.23. The molecule has 0 heterocycles. The number of nitrogens with one attached hydrogen (secondary N) is 1. The van der Waals surface area contributed by atoms with Crippen LogP contribution in [0.2, 0.25) is 0 Å². The zero-order valence-corrected chi connectivity index (χ0v) is 11.8. The summed E-state index contributed by atoms with van der Waals surface area (Å²) in [7, 11) is -3.12. The molecule has 0 amide bonds. The molecule has 0 saturated heterocycles. The van der Waals surface area contributed by atoms with Crippen molar-refractivity contribution in [1.29, 1.82) is 0 Å². The van der Waals surface area contributed by atoms with Crippen molar-refractivity contribution in [3.05, 3.63) is 24.3 Å². The Kier molecular flexibility index (Phi) is 3.95. The first-order valence-electron chi connectivity index (χ1n) is 6.53. The van der Waals surface area contributed by atoms with E-state index in [-0.39, 0.29) is 0 Å². The van der Waals surface area contributed by atoms with E-state index in [1.165, 1.54) is 31.9 Å². The first-order chi connectivity index (χ1) is 8.47. The van der Waals surface area contributed by atoms with Crippen LogP contribution in [-0.4, -0.2) is 20.7 Å². The van der Waals surface area contributed by atoms with Crippen LogP contribution in [0.25, 0.3) is 0 Å². The van der Waals surface area contributed by atoms with E-state index in [1.807, 2.05) is 6.07 Å². The van der Waals surface area contributed by atoms with E-state index in [0.717, 1.165) is 5.69 Å². The molecular weight excluding hydrogens is 246 g/mol. The van der Waals surface area contributed by atoms with Crippen molar-refractivity contribution >= 4 is 15.5 Å². The fraction of sp³-hybridized carbons (Fsp3) is 0.571. The molecule has 1 aliphatic rings. The van der Waals surface area contributed by atoms with Gasteiger partial charge in [-0.25, -0.2) is 8.42 Å². The minimum Gasteiger partial charge on any atom is -0.382 e. The third kappa shape index (κ3) is 3.25. The van der Waals surface area contributed by atoms with Gasteiger partial charge in [0.1, 0.15) is 0 Å². The molecule has 1 fully saturated rings. The van der Waals surface area contributed by atoms with Gasteiger partial charge in [-0.05, 0) is 37.0 Å². The average Bonchev–Trinajstić information content (AvgIpc) is 2.31. The van der Waals surface area contributed by atoms with Crippen LogP contribution >= 0.6 is 0 Å². The molecule has 0 spiro atoms. The van der Waals surface area contributed by atoms with E-state index in [0.29, 0.717) is 16.9 Å². The summed E-state index contributed by atoms with van der Waals surface area (Å²) in [5.41, 5.74) is 0.914. The highest BCUT2D eigenvalue weighted by Crippen LogP contribution is 2.27. The first kappa shape index (κ1) is 13.4. The smallest absolute Gasteiger partial charge is 0.175 e. The molecule has 2 rings (SSSR count). The molecule has 3 nitrogen and oxygen atoms in total. The molecule has 0 bridgehead atoms. The number of hydrogen-bond donors (Lipinski definition) is 1. The Balaban J connectivity index is 2.14. The molecule has 0 radical (unpaired) electrons. The van der Waals surface area contributed by atoms with Crippen molar-refractivity contribution in [3.8, 4) is 0 Å². The maximum absolute atomic E-state index is 11.5. The van der Waals surface area contributed by atoms with Gasteiger partial charge in [0.25, 0.3) is 0 Å². The molecule has 18 heavy (non-hydrogen) atoms. The van der Waals surface area contributed by atoms with Crippen molar-refractivity contribution in [3.63, 3.8) is 0 Å². The van der Waals surface area contributed by atoms with Crippen LogP contribution in [-0.2, 0) is 9.84 Å². The highest BCUT2D eigenvalue weighted by molar-refractivity contribution is 7.90. The fourth-order valence-electron chi connectivity index (χ4n) is 2.56. The molecule has 100 valence electrons. The third-order valence-corrected chi connectivity index (χ3v) is 4.84.